The second kappa shape index (κ2) is 12.0. The first kappa shape index (κ1) is 33.0. The highest BCUT2D eigenvalue weighted by atomic mass is 19.1. The van der Waals surface area contributed by atoms with Gasteiger partial charge in [-0.2, -0.15) is 9.97 Å². The largest absolute Gasteiger partial charge is 0.508 e. The van der Waals surface area contributed by atoms with Crippen LogP contribution in [0.3, 0.4) is 0 Å². The van der Waals surface area contributed by atoms with Crippen molar-refractivity contribution in [2.75, 3.05) is 37.7 Å². The molecule has 6 heterocycles. The van der Waals surface area contributed by atoms with E-state index in [2.05, 4.69) is 26.1 Å². The van der Waals surface area contributed by atoms with Gasteiger partial charge < -0.3 is 35.0 Å². The summed E-state index contributed by atoms with van der Waals surface area (Å²) in [6, 6.07) is 5.41. The minimum Gasteiger partial charge on any atom is -0.508 e. The second-order valence-electron chi connectivity index (χ2n) is 14.2. The number of pyridine rings is 1. The molecule has 11 nitrogen and oxygen atoms in total. The Morgan fingerprint density at radius 2 is 1.96 bits per heavy atom. The Morgan fingerprint density at radius 1 is 1.18 bits per heavy atom. The first-order valence-electron chi connectivity index (χ1n) is 17.0. The van der Waals surface area contributed by atoms with E-state index >= 15 is 4.39 Å². The van der Waals surface area contributed by atoms with Crippen molar-refractivity contribution >= 4 is 35.3 Å². The summed E-state index contributed by atoms with van der Waals surface area (Å²) in [5.74, 6) is -1.70. The number of anilines is 1. The molecule has 8 rings (SSSR count). The summed E-state index contributed by atoms with van der Waals surface area (Å²) >= 11 is 0. The average molecular weight is 683 g/mol. The molecule has 4 N–H and O–H groups in total. The summed E-state index contributed by atoms with van der Waals surface area (Å²) in [6.07, 6.45) is 12.0. The van der Waals surface area contributed by atoms with Crippen LogP contribution in [0.25, 0.3) is 32.9 Å². The minimum atomic E-state index is -2.83. The zero-order valence-corrected chi connectivity index (χ0v) is 27.6. The lowest BCUT2D eigenvalue weighted by atomic mass is 9.90. The molecule has 50 heavy (non-hydrogen) atoms. The molecule has 4 fully saturated rings. The van der Waals surface area contributed by atoms with Gasteiger partial charge in [0.25, 0.3) is 0 Å². The van der Waals surface area contributed by atoms with Crippen molar-refractivity contribution in [3.63, 3.8) is 0 Å². The quantitative estimate of drug-likeness (QED) is 0.124. The molecule has 3 unspecified atom stereocenters. The van der Waals surface area contributed by atoms with Crippen LogP contribution in [0.15, 0.2) is 30.5 Å². The van der Waals surface area contributed by atoms with Crippen molar-refractivity contribution in [1.29, 1.82) is 0 Å². The number of nitrogens with zero attached hydrogens (tertiary/aromatic N) is 5. The van der Waals surface area contributed by atoms with Crippen LogP contribution in [-0.4, -0.2) is 105 Å². The zero-order chi connectivity index (χ0) is 35.0. The normalized spacial score (nSPS) is 23.8. The lowest BCUT2D eigenvalue weighted by Crippen LogP contribution is -2.66. The van der Waals surface area contributed by atoms with Crippen LogP contribution in [0.1, 0.15) is 51.0 Å². The number of terminal acetylenes is 1. The lowest BCUT2D eigenvalue weighted by molar-refractivity contribution is -0.301. The topological polar surface area (TPSA) is 136 Å². The van der Waals surface area contributed by atoms with Gasteiger partial charge >= 0.3 is 6.01 Å². The molecule has 4 aliphatic rings. The summed E-state index contributed by atoms with van der Waals surface area (Å²) in [5.41, 5.74) is -1.04. The molecule has 4 aliphatic heterocycles. The van der Waals surface area contributed by atoms with E-state index in [4.69, 9.17) is 28.7 Å². The molecule has 4 saturated heterocycles. The standard InChI is InChI=1S/C36H37BF2N6O5/c1-3-24-27(38)7-6-21-14-23(46)15-25(28(21)24)30-29(39)31-26(16-40-30)32(42-33(41-31)49-19-34-9-4-12-45(34)13-5-10-34)44-17-22-8-11-35(18-44,43-22)20(2)50-36(37,47)48/h1,6-7,14-16,20,22,43,46-48H,4-5,8-13,17-19H2,2H3. The second-order valence-corrected chi connectivity index (χ2v) is 14.2. The lowest BCUT2D eigenvalue weighted by Gasteiger charge is -2.46. The molecular weight excluding hydrogens is 645 g/mol. The highest BCUT2D eigenvalue weighted by Gasteiger charge is 2.50. The smallest absolute Gasteiger partial charge is 0.319 e. The van der Waals surface area contributed by atoms with Crippen molar-refractivity contribution in [1.82, 2.24) is 25.2 Å². The maximum atomic E-state index is 17.0. The zero-order valence-electron chi connectivity index (χ0n) is 27.6. The Kier molecular flexibility index (Phi) is 7.92. The number of hydrogen-bond donors (Lipinski definition) is 4. The van der Waals surface area contributed by atoms with Gasteiger partial charge in [0.15, 0.2) is 13.7 Å². The number of piperazine rings is 1. The molecule has 2 bridgehead atoms. The Bertz CT molecular complexity index is 2050. The molecule has 0 saturated carbocycles. The van der Waals surface area contributed by atoms with Crippen molar-refractivity contribution in [2.24, 2.45) is 0 Å². The van der Waals surface area contributed by atoms with Crippen molar-refractivity contribution in [3.8, 4) is 35.4 Å². The fourth-order valence-corrected chi connectivity index (χ4v) is 8.83. The van der Waals surface area contributed by atoms with Gasteiger partial charge in [-0.1, -0.05) is 12.0 Å². The van der Waals surface area contributed by atoms with E-state index in [9.17, 15) is 19.7 Å². The maximum absolute atomic E-state index is 17.0. The van der Waals surface area contributed by atoms with E-state index in [1.54, 1.807) is 6.92 Å². The Hall–Kier alpha value is -4.13. The maximum Gasteiger partial charge on any atom is 0.319 e. The Morgan fingerprint density at radius 3 is 2.70 bits per heavy atom. The summed E-state index contributed by atoms with van der Waals surface area (Å²) in [7, 11) is 5.39. The van der Waals surface area contributed by atoms with E-state index in [1.165, 1.54) is 30.5 Å². The fourth-order valence-electron chi connectivity index (χ4n) is 8.83. The highest BCUT2D eigenvalue weighted by molar-refractivity contribution is 6.11. The first-order chi connectivity index (χ1) is 23.9. The minimum absolute atomic E-state index is 0.00344. The fraction of sp³-hybridized carbons (Fsp3) is 0.472. The number of hydrogen-bond acceptors (Lipinski definition) is 11. The number of phenols is 1. The number of rotatable bonds is 8. The summed E-state index contributed by atoms with van der Waals surface area (Å²) in [5, 5.41) is 34.8. The average Bonchev–Trinajstić information content (AvgIpc) is 3.75. The van der Waals surface area contributed by atoms with Crippen molar-refractivity contribution in [2.45, 2.75) is 74.5 Å². The number of aromatic nitrogens is 3. The third kappa shape index (κ3) is 5.52. The van der Waals surface area contributed by atoms with Gasteiger partial charge in [-0.3, -0.25) is 9.88 Å². The molecule has 0 aliphatic carbocycles. The third-order valence-corrected chi connectivity index (χ3v) is 11.1. The number of halogens is 2. The van der Waals surface area contributed by atoms with E-state index in [0.717, 1.165) is 45.2 Å². The Labute approximate surface area is 289 Å². The molecule has 0 spiro atoms. The number of aliphatic hydroxyl groups is 2. The van der Waals surface area contributed by atoms with Gasteiger partial charge in [0.2, 0.25) is 5.87 Å². The summed E-state index contributed by atoms with van der Waals surface area (Å²) in [6.45, 7) is 4.90. The van der Waals surface area contributed by atoms with Crippen LogP contribution in [0.2, 0.25) is 0 Å². The van der Waals surface area contributed by atoms with Gasteiger partial charge in [-0.05, 0) is 82.1 Å². The Balaban J connectivity index is 1.26. The molecule has 2 radical (unpaired) electrons. The van der Waals surface area contributed by atoms with Crippen LogP contribution >= 0.6 is 0 Å². The van der Waals surface area contributed by atoms with Crippen molar-refractivity contribution < 1.29 is 33.6 Å². The highest BCUT2D eigenvalue weighted by Crippen LogP contribution is 2.43. The van der Waals surface area contributed by atoms with Crippen LogP contribution in [0.4, 0.5) is 14.6 Å². The van der Waals surface area contributed by atoms with Crippen LogP contribution in [-0.2, 0) is 4.74 Å². The van der Waals surface area contributed by atoms with Gasteiger partial charge in [0.1, 0.15) is 35.2 Å². The van der Waals surface area contributed by atoms with Crippen LogP contribution < -0.4 is 15.0 Å². The number of phenolic OH excluding ortho intramolecular Hbond substituents is 1. The third-order valence-electron chi connectivity index (χ3n) is 11.1. The predicted molar refractivity (Wildman–Crippen MR) is 183 cm³/mol. The monoisotopic (exact) mass is 682 g/mol. The van der Waals surface area contributed by atoms with Gasteiger partial charge in [-0.25, -0.2) is 8.78 Å². The first-order valence-corrected chi connectivity index (χ1v) is 17.0. The summed E-state index contributed by atoms with van der Waals surface area (Å²) < 4.78 is 43.7. The van der Waals surface area contributed by atoms with Crippen LogP contribution in [0.5, 0.6) is 11.8 Å². The van der Waals surface area contributed by atoms with Crippen LogP contribution in [0, 0.1) is 24.0 Å². The number of benzene rings is 2. The molecular formula is C36H37BF2N6O5. The molecule has 0 amide bonds. The van der Waals surface area contributed by atoms with Crippen molar-refractivity contribution in [3.05, 3.63) is 47.7 Å². The van der Waals surface area contributed by atoms with Gasteiger partial charge in [-0.15, -0.1) is 6.42 Å². The van der Waals surface area contributed by atoms with Gasteiger partial charge in [0.05, 0.1) is 28.1 Å². The van der Waals surface area contributed by atoms with E-state index < -0.39 is 29.1 Å². The summed E-state index contributed by atoms with van der Waals surface area (Å²) in [4.78, 5) is 18.4. The number of fused-ring (bicyclic) bond motifs is 5. The van der Waals surface area contributed by atoms with Gasteiger partial charge in [0, 0.05) is 36.3 Å². The number of aromatic hydroxyl groups is 1. The predicted octanol–water partition coefficient (Wildman–Crippen LogP) is 3.30. The SMILES string of the molecule is [B]C(O)(O)OC(C)C12CCC(CN(c3nc(OCC45CCCN4CCC5)nc4c(F)c(-c5cc(O)cc6ccc(F)c(C#C)c56)ncc34)C1)N2. The molecule has 4 aromatic rings. The molecule has 2 aromatic heterocycles. The van der Waals surface area contributed by atoms with E-state index in [-0.39, 0.29) is 51.1 Å². The molecule has 14 heteroatoms. The molecule has 3 atom stereocenters. The molecule has 258 valence electrons. The number of nitrogens with one attached hydrogen (secondary N) is 1. The van der Waals surface area contributed by atoms with E-state index in [1.807, 2.05) is 4.90 Å². The van der Waals surface area contributed by atoms with E-state index in [0.29, 0.717) is 42.7 Å². The number of ether oxygens (including phenoxy) is 2. The molecule has 2 aromatic carbocycles.